The smallest absolute Gasteiger partial charge is 0.260 e. The Morgan fingerprint density at radius 1 is 1.07 bits per heavy atom. The molecule has 27 heavy (non-hydrogen) atoms. The fraction of sp³-hybridized carbons (Fsp3) is 0.619. The third-order valence-corrected chi connectivity index (χ3v) is 5.23. The Hall–Kier alpha value is -2.08. The van der Waals surface area contributed by atoms with Crippen LogP contribution in [0.1, 0.15) is 39.2 Å². The van der Waals surface area contributed by atoms with Crippen molar-refractivity contribution in [2.45, 2.75) is 45.1 Å². The predicted molar refractivity (Wildman–Crippen MR) is 103 cm³/mol. The number of nitrogens with zero attached hydrogens (tertiary/aromatic N) is 2. The van der Waals surface area contributed by atoms with Crippen molar-refractivity contribution in [3.8, 4) is 5.75 Å². The van der Waals surface area contributed by atoms with E-state index in [0.717, 1.165) is 12.8 Å². The number of ether oxygens (including phenoxy) is 2. The summed E-state index contributed by atoms with van der Waals surface area (Å²) >= 11 is 0. The predicted octanol–water partition coefficient (Wildman–Crippen LogP) is 2.21. The first-order chi connectivity index (χ1) is 12.8. The van der Waals surface area contributed by atoms with Crippen LogP contribution in [0.25, 0.3) is 0 Å². The molecule has 6 nitrogen and oxygen atoms in total. The van der Waals surface area contributed by atoms with Crippen LogP contribution in [0.3, 0.4) is 0 Å². The molecule has 3 rings (SSSR count). The van der Waals surface area contributed by atoms with E-state index >= 15 is 0 Å². The van der Waals surface area contributed by atoms with Crippen LogP contribution in [0.5, 0.6) is 5.75 Å². The third kappa shape index (κ3) is 5.01. The number of carbonyl (C=O) groups excluding carboxylic acids is 2. The maximum atomic E-state index is 12.4. The van der Waals surface area contributed by atoms with Gasteiger partial charge in [0.15, 0.2) is 6.61 Å². The minimum atomic E-state index is -0.286. The van der Waals surface area contributed by atoms with Crippen LogP contribution in [0.15, 0.2) is 24.3 Å². The van der Waals surface area contributed by atoms with E-state index < -0.39 is 0 Å². The number of rotatable bonds is 4. The molecule has 2 fully saturated rings. The first kappa shape index (κ1) is 19.7. The minimum Gasteiger partial charge on any atom is -0.484 e. The highest BCUT2D eigenvalue weighted by atomic mass is 16.5. The maximum absolute atomic E-state index is 12.4. The van der Waals surface area contributed by atoms with Crippen molar-refractivity contribution in [2.24, 2.45) is 0 Å². The summed E-state index contributed by atoms with van der Waals surface area (Å²) in [5.41, 5.74) is 1.32. The molecule has 1 aromatic rings. The first-order valence-electron chi connectivity index (χ1n) is 9.76. The minimum absolute atomic E-state index is 0.0224. The average Bonchev–Trinajstić information content (AvgIpc) is 3.20. The van der Waals surface area contributed by atoms with E-state index in [-0.39, 0.29) is 29.9 Å². The highest BCUT2D eigenvalue weighted by Gasteiger charge is 2.31. The summed E-state index contributed by atoms with van der Waals surface area (Å²) in [7, 11) is 0. The lowest BCUT2D eigenvalue weighted by molar-refractivity contribution is -0.146. The van der Waals surface area contributed by atoms with Gasteiger partial charge in [-0.3, -0.25) is 9.59 Å². The molecule has 2 aliphatic heterocycles. The molecule has 0 N–H and O–H groups in total. The summed E-state index contributed by atoms with van der Waals surface area (Å²) in [6, 6.07) is 7.89. The second-order valence-electron chi connectivity index (χ2n) is 8.27. The summed E-state index contributed by atoms with van der Waals surface area (Å²) in [5, 5.41) is 0. The molecule has 0 saturated carbocycles. The Bertz CT molecular complexity index is 652. The van der Waals surface area contributed by atoms with E-state index in [1.54, 1.807) is 4.90 Å². The van der Waals surface area contributed by atoms with Gasteiger partial charge in [0.25, 0.3) is 11.8 Å². The lowest BCUT2D eigenvalue weighted by Gasteiger charge is -2.35. The highest BCUT2D eigenvalue weighted by Crippen LogP contribution is 2.24. The number of hydrogen-bond donors (Lipinski definition) is 0. The fourth-order valence-corrected chi connectivity index (χ4v) is 3.44. The summed E-state index contributed by atoms with van der Waals surface area (Å²) in [4.78, 5) is 28.3. The zero-order valence-electron chi connectivity index (χ0n) is 16.6. The van der Waals surface area contributed by atoms with E-state index in [1.807, 2.05) is 29.2 Å². The molecule has 6 heteroatoms. The van der Waals surface area contributed by atoms with Crippen LogP contribution >= 0.6 is 0 Å². The van der Waals surface area contributed by atoms with E-state index in [9.17, 15) is 9.59 Å². The van der Waals surface area contributed by atoms with Gasteiger partial charge in [-0.2, -0.15) is 0 Å². The lowest BCUT2D eigenvalue weighted by atomic mass is 9.87. The molecule has 2 saturated heterocycles. The second kappa shape index (κ2) is 8.30. The van der Waals surface area contributed by atoms with Crippen molar-refractivity contribution in [1.29, 1.82) is 0 Å². The van der Waals surface area contributed by atoms with Gasteiger partial charge in [-0.15, -0.1) is 0 Å². The van der Waals surface area contributed by atoms with Gasteiger partial charge in [-0.05, 0) is 36.0 Å². The number of piperazine rings is 1. The molecule has 2 heterocycles. The van der Waals surface area contributed by atoms with Crippen LogP contribution in [-0.2, 0) is 19.7 Å². The van der Waals surface area contributed by atoms with Gasteiger partial charge in [0, 0.05) is 32.8 Å². The Morgan fingerprint density at radius 2 is 1.70 bits per heavy atom. The molecular formula is C21H30N2O4. The summed E-state index contributed by atoms with van der Waals surface area (Å²) in [6.07, 6.45) is 1.47. The Kier molecular flexibility index (Phi) is 6.05. The molecule has 0 aliphatic carbocycles. The molecular weight excluding hydrogens is 344 g/mol. The van der Waals surface area contributed by atoms with Crippen LogP contribution < -0.4 is 4.74 Å². The Labute approximate surface area is 161 Å². The summed E-state index contributed by atoms with van der Waals surface area (Å²) < 4.78 is 11.1. The molecule has 0 unspecified atom stereocenters. The average molecular weight is 374 g/mol. The maximum Gasteiger partial charge on any atom is 0.260 e. The molecule has 0 aromatic heterocycles. The van der Waals surface area contributed by atoms with Crippen LogP contribution in [0, 0.1) is 0 Å². The van der Waals surface area contributed by atoms with Crippen molar-refractivity contribution in [3.05, 3.63) is 29.8 Å². The van der Waals surface area contributed by atoms with Crippen LogP contribution in [0.4, 0.5) is 0 Å². The molecule has 0 bridgehead atoms. The third-order valence-electron chi connectivity index (χ3n) is 5.23. The van der Waals surface area contributed by atoms with Crippen molar-refractivity contribution >= 4 is 11.8 Å². The molecule has 148 valence electrons. The zero-order valence-corrected chi connectivity index (χ0v) is 16.6. The second-order valence-corrected chi connectivity index (χ2v) is 8.27. The van der Waals surface area contributed by atoms with Gasteiger partial charge in [0.1, 0.15) is 11.9 Å². The topological polar surface area (TPSA) is 59.1 Å². The van der Waals surface area contributed by atoms with Gasteiger partial charge in [0.05, 0.1) is 0 Å². The fourth-order valence-electron chi connectivity index (χ4n) is 3.44. The lowest BCUT2D eigenvalue weighted by Crippen LogP contribution is -2.53. The monoisotopic (exact) mass is 374 g/mol. The Balaban J connectivity index is 1.43. The number of hydrogen-bond acceptors (Lipinski definition) is 4. The Morgan fingerprint density at radius 3 is 2.26 bits per heavy atom. The van der Waals surface area contributed by atoms with Gasteiger partial charge >= 0.3 is 0 Å². The van der Waals surface area contributed by atoms with Gasteiger partial charge in [-0.1, -0.05) is 32.9 Å². The number of amides is 2. The van der Waals surface area contributed by atoms with Crippen molar-refractivity contribution in [2.75, 3.05) is 39.4 Å². The molecule has 2 amide bonds. The summed E-state index contributed by atoms with van der Waals surface area (Å²) in [6.45, 7) is 9.39. The van der Waals surface area contributed by atoms with E-state index in [1.165, 1.54) is 5.56 Å². The SMILES string of the molecule is CC(C)(C)c1ccc(OCC(=O)N2CCN(C(=O)[C@H]3CCCO3)CC2)cc1. The number of carbonyl (C=O) groups is 2. The zero-order chi connectivity index (χ0) is 19.4. The van der Waals surface area contributed by atoms with E-state index in [0.29, 0.717) is 38.5 Å². The highest BCUT2D eigenvalue weighted by molar-refractivity contribution is 5.82. The first-order valence-corrected chi connectivity index (χ1v) is 9.76. The van der Waals surface area contributed by atoms with Crippen LogP contribution in [0.2, 0.25) is 0 Å². The van der Waals surface area contributed by atoms with Crippen molar-refractivity contribution < 1.29 is 19.1 Å². The molecule has 1 aromatic carbocycles. The van der Waals surface area contributed by atoms with E-state index in [4.69, 9.17) is 9.47 Å². The van der Waals surface area contributed by atoms with Crippen molar-refractivity contribution in [1.82, 2.24) is 9.80 Å². The molecule has 0 radical (unpaired) electrons. The molecule has 0 spiro atoms. The normalized spacial score (nSPS) is 20.6. The quantitative estimate of drug-likeness (QED) is 0.811. The molecule has 1 atom stereocenters. The largest absolute Gasteiger partial charge is 0.484 e. The van der Waals surface area contributed by atoms with Crippen LogP contribution in [-0.4, -0.2) is 67.1 Å². The molecule has 2 aliphatic rings. The standard InChI is InChI=1S/C21H30N2O4/c1-21(2,3)16-6-8-17(9-7-16)27-15-19(24)22-10-12-23(13-11-22)20(25)18-5-4-14-26-18/h6-9,18H,4-5,10-15H2,1-3H3/t18-/m1/s1. The van der Waals surface area contributed by atoms with E-state index in [2.05, 4.69) is 20.8 Å². The van der Waals surface area contributed by atoms with Gasteiger partial charge in [-0.25, -0.2) is 0 Å². The summed E-state index contributed by atoms with van der Waals surface area (Å²) in [5.74, 6) is 0.720. The van der Waals surface area contributed by atoms with Gasteiger partial charge < -0.3 is 19.3 Å². The van der Waals surface area contributed by atoms with Gasteiger partial charge in [0.2, 0.25) is 0 Å². The number of benzene rings is 1. The van der Waals surface area contributed by atoms with Crippen molar-refractivity contribution in [3.63, 3.8) is 0 Å².